The smallest absolute Gasteiger partial charge is 0.300 e. The summed E-state index contributed by atoms with van der Waals surface area (Å²) in [6, 6.07) is 14.2. The monoisotopic (exact) mass is 479 g/mol. The number of aliphatic hydroxyl groups excluding tert-OH is 1. The van der Waals surface area contributed by atoms with Gasteiger partial charge in [-0.25, -0.2) is 13.6 Å². The maximum Gasteiger partial charge on any atom is 0.300 e. The Labute approximate surface area is 196 Å². The molecule has 10 heteroatoms. The maximum absolute atomic E-state index is 13.2. The Morgan fingerprint density at radius 2 is 1.79 bits per heavy atom. The van der Waals surface area contributed by atoms with Crippen molar-refractivity contribution in [3.63, 3.8) is 0 Å². The Hall–Kier alpha value is -4.02. The number of aromatic nitrogens is 1. The van der Waals surface area contributed by atoms with Crippen molar-refractivity contribution in [2.75, 3.05) is 12.0 Å². The van der Waals surface area contributed by atoms with Gasteiger partial charge in [-0.3, -0.25) is 19.5 Å². The molecule has 0 aliphatic carbocycles. The number of aliphatic hydroxyl groups is 1. The van der Waals surface area contributed by atoms with E-state index < -0.39 is 27.8 Å². The molecule has 34 heavy (non-hydrogen) atoms. The van der Waals surface area contributed by atoms with E-state index in [-0.39, 0.29) is 21.9 Å². The van der Waals surface area contributed by atoms with E-state index in [0.29, 0.717) is 22.6 Å². The lowest BCUT2D eigenvalue weighted by Gasteiger charge is -2.24. The molecule has 1 aromatic heterocycles. The molecular weight excluding hydrogens is 458 g/mol. The third-order valence-electron chi connectivity index (χ3n) is 5.54. The number of primary sulfonamides is 1. The van der Waals surface area contributed by atoms with E-state index in [1.807, 2.05) is 0 Å². The van der Waals surface area contributed by atoms with Crippen LogP contribution in [0.2, 0.25) is 0 Å². The highest BCUT2D eigenvalue weighted by Crippen LogP contribution is 2.42. The van der Waals surface area contributed by atoms with Crippen LogP contribution in [0.15, 0.2) is 77.3 Å². The van der Waals surface area contributed by atoms with Crippen LogP contribution in [0.5, 0.6) is 5.75 Å². The van der Waals surface area contributed by atoms with E-state index in [1.165, 1.54) is 42.5 Å². The SMILES string of the molecule is COc1ccc(/C(O)=C2/C(=O)C(=O)N(c3ccc(S(N)(=O)=O)cc3)C2c2ccccn2)c(C)c1. The van der Waals surface area contributed by atoms with Gasteiger partial charge in [0.05, 0.1) is 23.3 Å². The van der Waals surface area contributed by atoms with Crippen molar-refractivity contribution >= 4 is 33.2 Å². The number of nitrogens with two attached hydrogens (primary N) is 1. The third-order valence-corrected chi connectivity index (χ3v) is 6.47. The molecule has 0 radical (unpaired) electrons. The van der Waals surface area contributed by atoms with E-state index in [9.17, 15) is 23.1 Å². The summed E-state index contributed by atoms with van der Waals surface area (Å²) in [4.78, 5) is 31.7. The molecule has 1 atom stereocenters. The van der Waals surface area contributed by atoms with Gasteiger partial charge < -0.3 is 9.84 Å². The summed E-state index contributed by atoms with van der Waals surface area (Å²) in [5.41, 5.74) is 1.47. The molecule has 3 N–H and O–H groups in total. The first-order chi connectivity index (χ1) is 16.1. The summed E-state index contributed by atoms with van der Waals surface area (Å²) in [5.74, 6) is -1.55. The number of sulfonamides is 1. The lowest BCUT2D eigenvalue weighted by atomic mass is 9.96. The molecule has 1 saturated heterocycles. The Morgan fingerprint density at radius 3 is 2.35 bits per heavy atom. The predicted molar refractivity (Wildman–Crippen MR) is 125 cm³/mol. The normalized spacial score (nSPS) is 17.7. The van der Waals surface area contributed by atoms with Crippen molar-refractivity contribution in [2.45, 2.75) is 17.9 Å². The minimum Gasteiger partial charge on any atom is -0.507 e. The molecule has 2 aromatic carbocycles. The summed E-state index contributed by atoms with van der Waals surface area (Å²) >= 11 is 0. The molecule has 9 nitrogen and oxygen atoms in total. The Kier molecular flexibility index (Phi) is 5.94. The van der Waals surface area contributed by atoms with Crippen LogP contribution >= 0.6 is 0 Å². The van der Waals surface area contributed by atoms with Crippen LogP contribution in [-0.4, -0.2) is 37.3 Å². The standard InChI is InChI=1S/C24H21N3O6S/c1-14-13-16(33-2)8-11-18(14)22(28)20-21(19-5-3-4-12-26-19)27(24(30)23(20)29)15-6-9-17(10-7-15)34(25,31)32/h3-13,21,28H,1-2H3,(H2,25,31,32)/b22-20-. The average Bonchev–Trinajstić information content (AvgIpc) is 3.09. The number of ether oxygens (including phenoxy) is 1. The summed E-state index contributed by atoms with van der Waals surface area (Å²) in [7, 11) is -2.43. The number of aryl methyl sites for hydroxylation is 1. The molecular formula is C24H21N3O6S. The first kappa shape index (κ1) is 23.1. The number of Topliss-reactive ketones (excluding diaryl/α,β-unsaturated/α-hetero) is 1. The second kappa shape index (κ2) is 8.73. The number of ketones is 1. The number of nitrogens with zero attached hydrogens (tertiary/aromatic N) is 2. The minimum atomic E-state index is -3.95. The molecule has 3 aromatic rings. The number of pyridine rings is 1. The molecule has 1 aliphatic heterocycles. The van der Waals surface area contributed by atoms with Crippen LogP contribution in [-0.2, 0) is 19.6 Å². The summed E-state index contributed by atoms with van der Waals surface area (Å²) in [6.45, 7) is 1.75. The highest BCUT2D eigenvalue weighted by Gasteiger charge is 2.47. The molecule has 0 spiro atoms. The molecule has 4 rings (SSSR count). The second-order valence-corrected chi connectivity index (χ2v) is 9.20. The van der Waals surface area contributed by atoms with Gasteiger partial charge in [0.15, 0.2) is 0 Å². The molecule has 2 heterocycles. The van der Waals surface area contributed by atoms with Crippen LogP contribution in [0, 0.1) is 6.92 Å². The number of carbonyl (C=O) groups excluding carboxylic acids is 2. The van der Waals surface area contributed by atoms with Gasteiger partial charge in [-0.1, -0.05) is 6.07 Å². The molecule has 1 unspecified atom stereocenters. The number of anilines is 1. The zero-order valence-electron chi connectivity index (χ0n) is 18.3. The van der Waals surface area contributed by atoms with Crippen molar-refractivity contribution < 1.29 is 27.9 Å². The van der Waals surface area contributed by atoms with E-state index in [4.69, 9.17) is 9.88 Å². The number of carbonyl (C=O) groups is 2. The van der Waals surface area contributed by atoms with E-state index in [0.717, 1.165) is 0 Å². The zero-order valence-corrected chi connectivity index (χ0v) is 19.1. The Morgan fingerprint density at radius 1 is 1.09 bits per heavy atom. The largest absolute Gasteiger partial charge is 0.507 e. The van der Waals surface area contributed by atoms with E-state index in [2.05, 4.69) is 4.98 Å². The summed E-state index contributed by atoms with van der Waals surface area (Å²) in [6.07, 6.45) is 1.51. The molecule has 1 amide bonds. The predicted octanol–water partition coefficient (Wildman–Crippen LogP) is 2.67. The van der Waals surface area contributed by atoms with Gasteiger partial charge in [0.25, 0.3) is 11.7 Å². The quantitative estimate of drug-likeness (QED) is 0.326. The van der Waals surface area contributed by atoms with Gasteiger partial charge >= 0.3 is 0 Å². The van der Waals surface area contributed by atoms with Crippen molar-refractivity contribution in [1.29, 1.82) is 0 Å². The number of amides is 1. The minimum absolute atomic E-state index is 0.132. The van der Waals surface area contributed by atoms with Crippen LogP contribution in [0.1, 0.15) is 22.9 Å². The van der Waals surface area contributed by atoms with E-state index in [1.54, 1.807) is 43.3 Å². The number of methoxy groups -OCH3 is 1. The van der Waals surface area contributed by atoms with Gasteiger partial charge in [0.2, 0.25) is 10.0 Å². The van der Waals surface area contributed by atoms with Crippen molar-refractivity contribution in [1.82, 2.24) is 4.98 Å². The van der Waals surface area contributed by atoms with Gasteiger partial charge in [0, 0.05) is 17.4 Å². The Bertz CT molecular complexity index is 1420. The molecule has 1 aliphatic rings. The van der Waals surface area contributed by atoms with Gasteiger partial charge in [-0.2, -0.15) is 0 Å². The number of rotatable bonds is 5. The van der Waals surface area contributed by atoms with Crippen LogP contribution in [0.25, 0.3) is 5.76 Å². The fraction of sp³-hybridized carbons (Fsp3) is 0.125. The molecule has 0 bridgehead atoms. The third kappa shape index (κ3) is 4.04. The van der Waals surface area contributed by atoms with Gasteiger partial charge in [-0.05, 0) is 67.1 Å². The topological polar surface area (TPSA) is 140 Å². The molecule has 0 saturated carbocycles. The summed E-state index contributed by atoms with van der Waals surface area (Å²) in [5, 5.41) is 16.4. The average molecular weight is 480 g/mol. The number of benzene rings is 2. The number of hydrogen-bond donors (Lipinski definition) is 2. The lowest BCUT2D eigenvalue weighted by Crippen LogP contribution is -2.29. The number of hydrogen-bond acceptors (Lipinski definition) is 7. The summed E-state index contributed by atoms with van der Waals surface area (Å²) < 4.78 is 28.5. The molecule has 174 valence electrons. The van der Waals surface area contributed by atoms with Crippen LogP contribution in [0.4, 0.5) is 5.69 Å². The van der Waals surface area contributed by atoms with Crippen molar-refractivity contribution in [3.05, 3.63) is 89.3 Å². The van der Waals surface area contributed by atoms with Gasteiger partial charge in [0.1, 0.15) is 17.6 Å². The first-order valence-corrected chi connectivity index (χ1v) is 11.7. The van der Waals surface area contributed by atoms with Crippen LogP contribution in [0.3, 0.4) is 0 Å². The van der Waals surface area contributed by atoms with E-state index >= 15 is 0 Å². The highest BCUT2D eigenvalue weighted by molar-refractivity contribution is 7.89. The highest BCUT2D eigenvalue weighted by atomic mass is 32.2. The first-order valence-electron chi connectivity index (χ1n) is 10.1. The van der Waals surface area contributed by atoms with Crippen molar-refractivity contribution in [2.24, 2.45) is 5.14 Å². The second-order valence-electron chi connectivity index (χ2n) is 7.64. The molecule has 1 fully saturated rings. The zero-order chi connectivity index (χ0) is 24.6. The fourth-order valence-corrected chi connectivity index (χ4v) is 4.40. The van der Waals surface area contributed by atoms with Gasteiger partial charge in [-0.15, -0.1) is 0 Å². The van der Waals surface area contributed by atoms with Crippen molar-refractivity contribution in [3.8, 4) is 5.75 Å². The van der Waals surface area contributed by atoms with Crippen LogP contribution < -0.4 is 14.8 Å². The fourth-order valence-electron chi connectivity index (χ4n) is 3.89. The maximum atomic E-state index is 13.2. The lowest BCUT2D eigenvalue weighted by molar-refractivity contribution is -0.132. The Balaban J connectivity index is 1.92.